The highest BCUT2D eigenvalue weighted by molar-refractivity contribution is 7.17. The van der Waals surface area contributed by atoms with Gasteiger partial charge in [-0.3, -0.25) is 4.90 Å². The number of halogens is 1. The molecule has 5 heteroatoms. The lowest BCUT2D eigenvalue weighted by Crippen LogP contribution is -2.41. The Morgan fingerprint density at radius 3 is 2.72 bits per heavy atom. The summed E-state index contributed by atoms with van der Waals surface area (Å²) in [6.45, 7) is 4.47. The molecule has 25 heavy (non-hydrogen) atoms. The monoisotopic (exact) mass is 381 g/mol. The lowest BCUT2D eigenvalue weighted by atomic mass is 9.97. The van der Waals surface area contributed by atoms with Crippen LogP contribution in [0.3, 0.4) is 0 Å². The molecular formula is C20H28ClNO2S. The highest BCUT2D eigenvalue weighted by Gasteiger charge is 2.26. The van der Waals surface area contributed by atoms with E-state index in [1.165, 1.54) is 47.8 Å². The first-order valence-electron chi connectivity index (χ1n) is 9.31. The van der Waals surface area contributed by atoms with Crippen LogP contribution in [0.25, 0.3) is 10.1 Å². The number of nitrogens with zero attached hydrogens (tertiary/aromatic N) is 1. The first kappa shape index (κ1) is 19.1. The van der Waals surface area contributed by atoms with Gasteiger partial charge in [-0.15, -0.1) is 23.7 Å². The van der Waals surface area contributed by atoms with E-state index in [1.807, 2.05) is 11.3 Å². The smallest absolute Gasteiger partial charge is 0.0667 e. The van der Waals surface area contributed by atoms with Gasteiger partial charge in [0.25, 0.3) is 0 Å². The fourth-order valence-corrected chi connectivity index (χ4v) is 4.87. The molecule has 1 saturated carbocycles. The highest BCUT2D eigenvalue weighted by atomic mass is 35.5. The van der Waals surface area contributed by atoms with Crippen molar-refractivity contribution in [1.29, 1.82) is 0 Å². The van der Waals surface area contributed by atoms with Crippen molar-refractivity contribution in [2.45, 2.75) is 44.2 Å². The molecule has 0 amide bonds. The molecule has 3 nitrogen and oxygen atoms in total. The van der Waals surface area contributed by atoms with Crippen LogP contribution in [0, 0.1) is 0 Å². The summed E-state index contributed by atoms with van der Waals surface area (Å²) in [6.07, 6.45) is 6.96. The molecule has 1 aromatic heterocycles. The number of hydrogen-bond acceptors (Lipinski definition) is 4. The third kappa shape index (κ3) is 4.55. The highest BCUT2D eigenvalue weighted by Crippen LogP contribution is 2.33. The average Bonchev–Trinajstić information content (AvgIpc) is 3.13. The van der Waals surface area contributed by atoms with E-state index in [0.717, 1.165) is 32.9 Å². The minimum Gasteiger partial charge on any atom is -0.379 e. The van der Waals surface area contributed by atoms with E-state index in [4.69, 9.17) is 9.47 Å². The Hall–Kier alpha value is -0.650. The fourth-order valence-electron chi connectivity index (χ4n) is 4.05. The van der Waals surface area contributed by atoms with Crippen molar-refractivity contribution in [3.63, 3.8) is 0 Å². The Kier molecular flexibility index (Phi) is 7.14. The van der Waals surface area contributed by atoms with Crippen molar-refractivity contribution in [3.05, 3.63) is 35.2 Å². The third-order valence-electron chi connectivity index (χ3n) is 5.42. The largest absolute Gasteiger partial charge is 0.379 e. The molecule has 0 N–H and O–H groups in total. The number of thiophene rings is 1. The number of morpholine rings is 1. The van der Waals surface area contributed by atoms with Crippen molar-refractivity contribution in [2.24, 2.45) is 0 Å². The molecule has 2 fully saturated rings. The van der Waals surface area contributed by atoms with Gasteiger partial charge in [-0.05, 0) is 41.3 Å². The van der Waals surface area contributed by atoms with Crippen molar-refractivity contribution in [1.82, 2.24) is 4.90 Å². The van der Waals surface area contributed by atoms with Crippen molar-refractivity contribution in [3.8, 4) is 0 Å². The van der Waals surface area contributed by atoms with Crippen molar-refractivity contribution in [2.75, 3.05) is 32.9 Å². The number of rotatable bonds is 5. The maximum absolute atomic E-state index is 6.40. The van der Waals surface area contributed by atoms with Crippen LogP contribution >= 0.6 is 23.7 Å². The van der Waals surface area contributed by atoms with Gasteiger partial charge < -0.3 is 9.47 Å². The Labute approximate surface area is 160 Å². The summed E-state index contributed by atoms with van der Waals surface area (Å²) in [6, 6.07) is 9.32. The van der Waals surface area contributed by atoms with E-state index in [0.29, 0.717) is 12.1 Å². The number of benzene rings is 1. The lowest BCUT2D eigenvalue weighted by Gasteiger charge is -2.36. The summed E-state index contributed by atoms with van der Waals surface area (Å²) >= 11 is 1.83. The first-order chi connectivity index (χ1) is 11.9. The van der Waals surface area contributed by atoms with Crippen LogP contribution in [0.15, 0.2) is 29.6 Å². The van der Waals surface area contributed by atoms with Gasteiger partial charge >= 0.3 is 0 Å². The molecule has 1 aromatic carbocycles. The number of ether oxygens (including phenoxy) is 2. The van der Waals surface area contributed by atoms with Gasteiger partial charge in [-0.1, -0.05) is 31.4 Å². The molecule has 1 aliphatic carbocycles. The second-order valence-corrected chi connectivity index (χ2v) is 7.88. The van der Waals surface area contributed by atoms with E-state index >= 15 is 0 Å². The van der Waals surface area contributed by atoms with Crippen molar-refractivity contribution < 1.29 is 9.47 Å². The second-order valence-electron chi connectivity index (χ2n) is 6.94. The molecule has 1 aliphatic heterocycles. The summed E-state index contributed by atoms with van der Waals surface area (Å²) in [5.74, 6) is 0. The van der Waals surface area contributed by atoms with Gasteiger partial charge in [0, 0.05) is 17.8 Å². The number of fused-ring (bicyclic) bond motifs is 1. The SMILES string of the molecule is Cl.c1cc(C(COC2CCCCC2)N2CCOCC2)c2ccsc2c1. The lowest BCUT2D eigenvalue weighted by molar-refractivity contribution is -0.0383. The van der Waals surface area contributed by atoms with Gasteiger partial charge in [0.15, 0.2) is 0 Å². The minimum absolute atomic E-state index is 0. The van der Waals surface area contributed by atoms with Gasteiger partial charge in [0.05, 0.1) is 32.0 Å². The Morgan fingerprint density at radius 1 is 1.12 bits per heavy atom. The molecular weight excluding hydrogens is 354 g/mol. The predicted octanol–water partition coefficient (Wildman–Crippen LogP) is 5.05. The van der Waals surface area contributed by atoms with Gasteiger partial charge in [-0.25, -0.2) is 0 Å². The molecule has 0 bridgehead atoms. The third-order valence-corrected chi connectivity index (χ3v) is 6.30. The maximum Gasteiger partial charge on any atom is 0.0667 e. The molecule has 2 heterocycles. The van der Waals surface area contributed by atoms with Crippen LogP contribution in [0.4, 0.5) is 0 Å². The topological polar surface area (TPSA) is 21.7 Å². The molecule has 1 atom stereocenters. The Morgan fingerprint density at radius 2 is 1.92 bits per heavy atom. The molecule has 1 unspecified atom stereocenters. The van der Waals surface area contributed by atoms with Gasteiger partial charge in [-0.2, -0.15) is 0 Å². The zero-order valence-electron chi connectivity index (χ0n) is 14.7. The van der Waals surface area contributed by atoms with Gasteiger partial charge in [0.2, 0.25) is 0 Å². The average molecular weight is 382 g/mol. The zero-order valence-corrected chi connectivity index (χ0v) is 16.3. The quantitative estimate of drug-likeness (QED) is 0.723. The summed E-state index contributed by atoms with van der Waals surface area (Å²) in [5, 5.41) is 3.60. The van der Waals surface area contributed by atoms with Crippen LogP contribution in [0.2, 0.25) is 0 Å². The molecule has 4 rings (SSSR count). The standard InChI is InChI=1S/C20H27NO2S.ClH/c1-2-5-16(6-3-1)23-15-19(21-10-12-22-13-11-21)17-7-4-8-20-18(17)9-14-24-20;/h4,7-9,14,16,19H,1-3,5-6,10-13,15H2;1H. The summed E-state index contributed by atoms with van der Waals surface area (Å²) < 4.78 is 13.3. The predicted molar refractivity (Wildman–Crippen MR) is 107 cm³/mol. The molecule has 0 spiro atoms. The van der Waals surface area contributed by atoms with Crippen LogP contribution < -0.4 is 0 Å². The minimum atomic E-state index is 0. The van der Waals surface area contributed by atoms with Crippen LogP contribution in [-0.4, -0.2) is 43.9 Å². The van der Waals surface area contributed by atoms with Crippen LogP contribution in [-0.2, 0) is 9.47 Å². The van der Waals surface area contributed by atoms with E-state index in [-0.39, 0.29) is 12.4 Å². The molecule has 1 saturated heterocycles. The fraction of sp³-hybridized carbons (Fsp3) is 0.600. The van der Waals surface area contributed by atoms with E-state index < -0.39 is 0 Å². The molecule has 138 valence electrons. The molecule has 2 aromatic rings. The first-order valence-corrected chi connectivity index (χ1v) is 10.2. The number of hydrogen-bond donors (Lipinski definition) is 0. The van der Waals surface area contributed by atoms with Crippen molar-refractivity contribution >= 4 is 33.8 Å². The maximum atomic E-state index is 6.40. The molecule has 0 radical (unpaired) electrons. The zero-order chi connectivity index (χ0) is 16.2. The summed E-state index contributed by atoms with van der Waals surface area (Å²) in [7, 11) is 0. The van der Waals surface area contributed by atoms with Gasteiger partial charge in [0.1, 0.15) is 0 Å². The van der Waals surface area contributed by atoms with Crippen LogP contribution in [0.1, 0.15) is 43.7 Å². The normalized spacial score (nSPS) is 21.1. The second kappa shape index (κ2) is 9.33. The molecule has 2 aliphatic rings. The summed E-state index contributed by atoms with van der Waals surface area (Å²) in [5.41, 5.74) is 1.42. The van der Waals surface area contributed by atoms with E-state index in [2.05, 4.69) is 34.5 Å². The van der Waals surface area contributed by atoms with E-state index in [9.17, 15) is 0 Å². The Bertz CT molecular complexity index is 650. The van der Waals surface area contributed by atoms with Crippen LogP contribution in [0.5, 0.6) is 0 Å². The summed E-state index contributed by atoms with van der Waals surface area (Å²) in [4.78, 5) is 2.55. The van der Waals surface area contributed by atoms with E-state index in [1.54, 1.807) is 0 Å². The Balaban J connectivity index is 0.00000182.